The average Bonchev–Trinajstić information content (AvgIpc) is 2.76. The maximum absolute atomic E-state index is 9.05. The molecule has 0 amide bonds. The third kappa shape index (κ3) is 3.42. The highest BCUT2D eigenvalue weighted by Gasteiger charge is 2.26. The van der Waals surface area contributed by atoms with Crippen molar-refractivity contribution in [1.29, 1.82) is 0 Å². The number of halogens is 1. The highest BCUT2D eigenvalue weighted by atomic mass is 35.5. The Hall–Kier alpha value is -0.610. The zero-order valence-corrected chi connectivity index (χ0v) is 10.6. The molecule has 4 heteroatoms. The Labute approximate surface area is 107 Å². The molecule has 0 spiro atoms. The van der Waals surface area contributed by atoms with Crippen LogP contribution in [0.15, 0.2) is 24.3 Å². The van der Waals surface area contributed by atoms with Gasteiger partial charge in [0.2, 0.25) is 0 Å². The van der Waals surface area contributed by atoms with Crippen LogP contribution in [-0.2, 0) is 6.54 Å². The van der Waals surface area contributed by atoms with Crippen LogP contribution in [0.2, 0.25) is 5.02 Å². The fourth-order valence-electron chi connectivity index (χ4n) is 2.40. The Morgan fingerprint density at radius 2 is 2.35 bits per heavy atom. The van der Waals surface area contributed by atoms with E-state index in [-0.39, 0.29) is 12.6 Å². The van der Waals surface area contributed by atoms with E-state index in [1.54, 1.807) is 0 Å². The zero-order chi connectivity index (χ0) is 12.3. The van der Waals surface area contributed by atoms with Crippen molar-refractivity contribution in [2.24, 2.45) is 11.7 Å². The first-order valence-electron chi connectivity index (χ1n) is 6.02. The van der Waals surface area contributed by atoms with Gasteiger partial charge in [0, 0.05) is 24.2 Å². The van der Waals surface area contributed by atoms with Crippen molar-refractivity contribution in [2.75, 3.05) is 19.7 Å². The van der Waals surface area contributed by atoms with Gasteiger partial charge in [-0.3, -0.25) is 4.90 Å². The Bertz CT molecular complexity index is 372. The van der Waals surface area contributed by atoms with Gasteiger partial charge in [0.1, 0.15) is 0 Å². The summed E-state index contributed by atoms with van der Waals surface area (Å²) in [5, 5.41) is 9.83. The van der Waals surface area contributed by atoms with Gasteiger partial charge in [0.15, 0.2) is 0 Å². The molecule has 1 heterocycles. The summed E-state index contributed by atoms with van der Waals surface area (Å²) >= 11 is 5.96. The topological polar surface area (TPSA) is 49.5 Å². The number of aliphatic hydroxyl groups excluding tert-OH is 1. The lowest BCUT2D eigenvalue weighted by Gasteiger charge is -2.19. The molecule has 2 unspecified atom stereocenters. The predicted octanol–water partition coefficient (Wildman–Crippen LogP) is 1.48. The number of benzene rings is 1. The summed E-state index contributed by atoms with van der Waals surface area (Å²) in [6.07, 6.45) is 1.07. The van der Waals surface area contributed by atoms with Crippen LogP contribution >= 0.6 is 11.6 Å². The smallest absolute Gasteiger partial charge is 0.0585 e. The summed E-state index contributed by atoms with van der Waals surface area (Å²) in [4.78, 5) is 2.37. The quantitative estimate of drug-likeness (QED) is 0.856. The number of hydrogen-bond acceptors (Lipinski definition) is 3. The normalized spacial score (nSPS) is 22.9. The van der Waals surface area contributed by atoms with Crippen LogP contribution in [0.25, 0.3) is 0 Å². The first-order valence-corrected chi connectivity index (χ1v) is 6.40. The average molecular weight is 255 g/mol. The van der Waals surface area contributed by atoms with Gasteiger partial charge in [0.05, 0.1) is 6.61 Å². The lowest BCUT2D eigenvalue weighted by atomic mass is 10.0. The van der Waals surface area contributed by atoms with Crippen molar-refractivity contribution in [3.63, 3.8) is 0 Å². The number of nitrogens with zero attached hydrogens (tertiary/aromatic N) is 1. The summed E-state index contributed by atoms with van der Waals surface area (Å²) in [6.45, 7) is 3.00. The van der Waals surface area contributed by atoms with E-state index in [9.17, 15) is 0 Å². The van der Waals surface area contributed by atoms with Crippen LogP contribution < -0.4 is 5.73 Å². The van der Waals surface area contributed by atoms with Gasteiger partial charge in [-0.15, -0.1) is 0 Å². The molecule has 0 aromatic heterocycles. The molecule has 17 heavy (non-hydrogen) atoms. The summed E-state index contributed by atoms with van der Waals surface area (Å²) < 4.78 is 0. The second kappa shape index (κ2) is 5.83. The fourth-order valence-corrected chi connectivity index (χ4v) is 2.61. The van der Waals surface area contributed by atoms with E-state index in [2.05, 4.69) is 11.0 Å². The molecule has 3 N–H and O–H groups in total. The largest absolute Gasteiger partial charge is 0.395 e. The summed E-state index contributed by atoms with van der Waals surface area (Å²) in [5.41, 5.74) is 7.09. The van der Waals surface area contributed by atoms with Crippen LogP contribution in [0.5, 0.6) is 0 Å². The molecule has 1 aliphatic heterocycles. The predicted molar refractivity (Wildman–Crippen MR) is 69.9 cm³/mol. The number of hydrogen-bond donors (Lipinski definition) is 2. The van der Waals surface area contributed by atoms with Crippen molar-refractivity contribution in [3.8, 4) is 0 Å². The van der Waals surface area contributed by atoms with Gasteiger partial charge >= 0.3 is 0 Å². The molecule has 94 valence electrons. The Morgan fingerprint density at radius 3 is 3.06 bits per heavy atom. The standard InChI is InChI=1S/C13H19ClN2O/c14-12-3-1-2-10(6-12)7-16-5-4-11(8-16)13(15)9-17/h1-3,6,11,13,17H,4-5,7-9,15H2. The summed E-state index contributed by atoms with van der Waals surface area (Å²) in [5.74, 6) is 0.416. The van der Waals surface area contributed by atoms with Gasteiger partial charge in [-0.1, -0.05) is 23.7 Å². The molecule has 0 radical (unpaired) electrons. The second-order valence-electron chi connectivity index (χ2n) is 4.76. The van der Waals surface area contributed by atoms with Crippen LogP contribution in [0.4, 0.5) is 0 Å². The number of likely N-dealkylation sites (tertiary alicyclic amines) is 1. The summed E-state index contributed by atoms with van der Waals surface area (Å²) in [6, 6.07) is 7.87. The molecule has 1 saturated heterocycles. The van der Waals surface area contributed by atoms with Crippen LogP contribution in [0.1, 0.15) is 12.0 Å². The zero-order valence-electron chi connectivity index (χ0n) is 9.85. The lowest BCUT2D eigenvalue weighted by molar-refractivity contribution is 0.221. The molecule has 0 aliphatic carbocycles. The minimum absolute atomic E-state index is 0.0790. The maximum atomic E-state index is 9.05. The molecule has 0 bridgehead atoms. The van der Waals surface area contributed by atoms with Crippen molar-refractivity contribution in [3.05, 3.63) is 34.9 Å². The highest BCUT2D eigenvalue weighted by molar-refractivity contribution is 6.30. The van der Waals surface area contributed by atoms with E-state index >= 15 is 0 Å². The number of rotatable bonds is 4. The van der Waals surface area contributed by atoms with Crippen molar-refractivity contribution >= 4 is 11.6 Å². The third-order valence-electron chi connectivity index (χ3n) is 3.42. The van der Waals surface area contributed by atoms with E-state index in [1.165, 1.54) is 5.56 Å². The minimum Gasteiger partial charge on any atom is -0.395 e. The van der Waals surface area contributed by atoms with Crippen LogP contribution in [0, 0.1) is 5.92 Å². The van der Waals surface area contributed by atoms with Gasteiger partial charge < -0.3 is 10.8 Å². The van der Waals surface area contributed by atoms with Crippen molar-refractivity contribution in [2.45, 2.75) is 19.0 Å². The molecular weight excluding hydrogens is 236 g/mol. The number of nitrogens with two attached hydrogens (primary N) is 1. The SMILES string of the molecule is NC(CO)C1CCN(Cc2cccc(Cl)c2)C1. The Kier molecular flexibility index (Phi) is 4.40. The molecule has 0 saturated carbocycles. The first-order chi connectivity index (χ1) is 8.19. The Morgan fingerprint density at radius 1 is 1.53 bits per heavy atom. The number of aliphatic hydroxyl groups is 1. The highest BCUT2D eigenvalue weighted by Crippen LogP contribution is 2.21. The van der Waals surface area contributed by atoms with Gasteiger partial charge in [-0.05, 0) is 36.6 Å². The molecule has 1 fully saturated rings. The molecule has 2 atom stereocenters. The van der Waals surface area contributed by atoms with Crippen molar-refractivity contribution < 1.29 is 5.11 Å². The van der Waals surface area contributed by atoms with E-state index in [0.29, 0.717) is 5.92 Å². The van der Waals surface area contributed by atoms with Crippen LogP contribution in [-0.4, -0.2) is 35.7 Å². The van der Waals surface area contributed by atoms with Gasteiger partial charge in [0.25, 0.3) is 0 Å². The monoisotopic (exact) mass is 254 g/mol. The van der Waals surface area contributed by atoms with Gasteiger partial charge in [-0.2, -0.15) is 0 Å². The van der Waals surface area contributed by atoms with E-state index in [1.807, 2.05) is 18.2 Å². The molecule has 3 nitrogen and oxygen atoms in total. The second-order valence-corrected chi connectivity index (χ2v) is 5.20. The van der Waals surface area contributed by atoms with Crippen LogP contribution in [0.3, 0.4) is 0 Å². The molecule has 1 aromatic rings. The molecular formula is C13H19ClN2O. The van der Waals surface area contributed by atoms with E-state index in [4.69, 9.17) is 22.4 Å². The van der Waals surface area contributed by atoms with E-state index < -0.39 is 0 Å². The molecule has 2 rings (SSSR count). The fraction of sp³-hybridized carbons (Fsp3) is 0.538. The van der Waals surface area contributed by atoms with Crippen molar-refractivity contribution in [1.82, 2.24) is 4.90 Å². The van der Waals surface area contributed by atoms with E-state index in [0.717, 1.165) is 31.1 Å². The Balaban J connectivity index is 1.89. The minimum atomic E-state index is -0.0839. The van der Waals surface area contributed by atoms with Gasteiger partial charge in [-0.25, -0.2) is 0 Å². The molecule has 1 aliphatic rings. The first kappa shape index (κ1) is 12.8. The molecule has 1 aromatic carbocycles. The summed E-state index contributed by atoms with van der Waals surface area (Å²) in [7, 11) is 0. The third-order valence-corrected chi connectivity index (χ3v) is 3.66. The lowest BCUT2D eigenvalue weighted by Crippen LogP contribution is -2.35. The maximum Gasteiger partial charge on any atom is 0.0585 e.